The maximum atomic E-state index is 12.4. The molecule has 0 aromatic heterocycles. The van der Waals surface area contributed by atoms with Crippen LogP contribution in [0.4, 0.5) is 14.4 Å². The molecule has 3 heterocycles. The Hall–Kier alpha value is -6.41. The first-order chi connectivity index (χ1) is 32.0. The molecule has 70 heavy (non-hydrogen) atoms. The lowest BCUT2D eigenvalue weighted by atomic mass is 10.1. The molecule has 17 nitrogen and oxygen atoms in total. The highest BCUT2D eigenvalue weighted by Crippen LogP contribution is 2.25. The van der Waals surface area contributed by atoms with Gasteiger partial charge in [0.25, 0.3) is 23.6 Å². The topological polar surface area (TPSA) is 207 Å². The molecule has 4 aromatic rings. The molecule has 6 amide bonds. The summed E-state index contributed by atoms with van der Waals surface area (Å²) in [6.07, 6.45) is 0.331. The number of likely N-dealkylation sites (N-methyl/N-ethyl adjacent to an activating group) is 1. The molecule has 0 saturated carbocycles. The van der Waals surface area contributed by atoms with Crippen LogP contribution in [-0.4, -0.2) is 123 Å². The quantitative estimate of drug-likeness (QED) is 0.0547. The smallest absolute Gasteiger partial charge is 0.413 e. The summed E-state index contributed by atoms with van der Waals surface area (Å²) < 4.78 is 20.1. The number of rotatable bonds is 14. The first-order valence-corrected chi connectivity index (χ1v) is 21.9. The molecule has 3 aliphatic rings. The van der Waals surface area contributed by atoms with E-state index in [0.29, 0.717) is 41.5 Å². The normalized spacial score (nSPS) is 14.7. The van der Waals surface area contributed by atoms with Crippen molar-refractivity contribution < 1.29 is 62.4 Å². The third-order valence-corrected chi connectivity index (χ3v) is 10.7. The van der Waals surface area contributed by atoms with Crippen molar-refractivity contribution in [1.82, 2.24) is 19.6 Å². The molecular weight excluding hydrogens is 964 g/mol. The number of hydrogen-bond donors (Lipinski definition) is 1. The number of amides is 6. The second-order valence-corrected chi connectivity index (χ2v) is 16.8. The number of aliphatic hydroxyl groups is 1. The summed E-state index contributed by atoms with van der Waals surface area (Å²) in [6, 6.07) is 30.7. The third-order valence-electron chi connectivity index (χ3n) is 10.6. The summed E-state index contributed by atoms with van der Waals surface area (Å²) in [7, 11) is 1.57. The lowest BCUT2D eigenvalue weighted by Gasteiger charge is -2.26. The van der Waals surface area contributed by atoms with E-state index in [-0.39, 0.29) is 104 Å². The van der Waals surface area contributed by atoms with E-state index in [1.807, 2.05) is 60.7 Å². The first-order valence-electron chi connectivity index (χ1n) is 21.5. The fourth-order valence-corrected chi connectivity index (χ4v) is 7.36. The number of hydrogen-bond acceptors (Lipinski definition) is 13. The van der Waals surface area contributed by atoms with E-state index in [9.17, 15) is 43.5 Å². The monoisotopic (exact) mass is 1020 g/mol. The van der Waals surface area contributed by atoms with Gasteiger partial charge in [-0.15, -0.1) is 0 Å². The largest absolute Gasteiger partial charge is 0.448 e. The zero-order chi connectivity index (χ0) is 48.7. The highest BCUT2D eigenvalue weighted by Gasteiger charge is 2.40. The molecule has 0 bridgehead atoms. The van der Waals surface area contributed by atoms with E-state index in [2.05, 4.69) is 4.74 Å². The van der Waals surface area contributed by atoms with Gasteiger partial charge in [-0.1, -0.05) is 92.4 Å². The van der Waals surface area contributed by atoms with E-state index >= 15 is 0 Å². The number of carbonyl (C=O) groups excluding carboxylic acids is 8. The number of aliphatic hydroxyl groups excluding tert-OH is 1. The van der Waals surface area contributed by atoms with E-state index in [1.165, 1.54) is 19.6 Å². The second kappa shape index (κ2) is 28.3. The predicted molar refractivity (Wildman–Crippen MR) is 270 cm³/mol. The molecule has 0 unspecified atom stereocenters. The van der Waals surface area contributed by atoms with E-state index in [1.54, 1.807) is 76.3 Å². The van der Waals surface area contributed by atoms with Gasteiger partial charge in [-0.2, -0.15) is 27.0 Å². The van der Waals surface area contributed by atoms with Crippen molar-refractivity contribution in [3.05, 3.63) is 143 Å². The lowest BCUT2D eigenvalue weighted by Crippen LogP contribution is -2.40. The highest BCUT2D eigenvalue weighted by molar-refractivity contribution is 7.59. The van der Waals surface area contributed by atoms with Gasteiger partial charge in [-0.3, -0.25) is 33.9 Å². The van der Waals surface area contributed by atoms with Crippen molar-refractivity contribution in [1.29, 1.82) is 0 Å². The van der Waals surface area contributed by atoms with Gasteiger partial charge in [0.1, 0.15) is 24.9 Å². The van der Waals surface area contributed by atoms with Crippen LogP contribution in [0.15, 0.2) is 109 Å². The van der Waals surface area contributed by atoms with E-state index < -0.39 is 41.3 Å². The number of nitrogens with zero attached hydrogens (tertiary/aromatic N) is 4. The van der Waals surface area contributed by atoms with Crippen LogP contribution in [0, 0.1) is 0 Å². The maximum Gasteiger partial charge on any atom is 0.413 e. The number of benzene rings is 4. The van der Waals surface area contributed by atoms with Gasteiger partial charge in [0.05, 0.1) is 34.9 Å². The van der Waals surface area contributed by atoms with Crippen LogP contribution in [0.2, 0.25) is 0 Å². The van der Waals surface area contributed by atoms with Crippen LogP contribution in [-0.2, 0) is 37.0 Å². The Morgan fingerprint density at radius 3 is 1.51 bits per heavy atom. The molecular formula is C50H61ClN4O13S2. The van der Waals surface area contributed by atoms with Crippen molar-refractivity contribution in [2.45, 2.75) is 84.8 Å². The Morgan fingerprint density at radius 2 is 1.11 bits per heavy atom. The molecule has 0 aliphatic carbocycles. The third kappa shape index (κ3) is 16.4. The number of imide groups is 2. The standard InChI is InChI=1S/C22H20N2O6.C22H24N2O5.C5H9ClO2.CH4.2H2S/c25-19-16-9-4-5-10-17(16)20(26)23(19)12-6-11-18-21(27)30-14-24(18)22(28)29-13-15-7-2-1-3-8-15;1-23(22(28)29-15-16-8-3-2-4-9-16)17(14-25)10-7-13-24-20(26)18-11-5-6-12-19(18)21(24)27;1-5(2,3)8-4(6)7;;;/h1-5,7-10,18H,6,11-14H2;2-6,8-9,11-12,17,25H,7,10,13-15H2,1H3;1-3H3;1H4;2*1H2/t18-;17-;;;;/m00..../s1. The van der Waals surface area contributed by atoms with Gasteiger partial charge < -0.3 is 29.0 Å². The molecule has 0 spiro atoms. The Labute approximate surface area is 426 Å². The molecule has 2 atom stereocenters. The van der Waals surface area contributed by atoms with Crippen molar-refractivity contribution >= 4 is 85.8 Å². The Bertz CT molecular complexity index is 2350. The molecule has 1 saturated heterocycles. The molecule has 7 rings (SSSR count). The highest BCUT2D eigenvalue weighted by atomic mass is 35.5. The molecule has 4 aromatic carbocycles. The van der Waals surface area contributed by atoms with Crippen LogP contribution < -0.4 is 0 Å². The second-order valence-electron chi connectivity index (χ2n) is 16.5. The van der Waals surface area contributed by atoms with Crippen LogP contribution in [0.5, 0.6) is 0 Å². The van der Waals surface area contributed by atoms with Crippen LogP contribution in [0.1, 0.15) is 106 Å². The zero-order valence-corrected chi connectivity index (χ0v) is 41.4. The molecule has 3 aliphatic heterocycles. The minimum atomic E-state index is -0.802. The molecule has 378 valence electrons. The number of ether oxygens (including phenoxy) is 4. The summed E-state index contributed by atoms with van der Waals surface area (Å²) in [4.78, 5) is 101. The minimum Gasteiger partial charge on any atom is -0.448 e. The van der Waals surface area contributed by atoms with Gasteiger partial charge in [0.15, 0.2) is 6.73 Å². The van der Waals surface area contributed by atoms with Gasteiger partial charge in [-0.05, 0) is 81.8 Å². The fourth-order valence-electron chi connectivity index (χ4n) is 7.13. The van der Waals surface area contributed by atoms with Crippen LogP contribution in [0.25, 0.3) is 0 Å². The van der Waals surface area contributed by atoms with Gasteiger partial charge in [-0.25, -0.2) is 19.2 Å². The van der Waals surface area contributed by atoms with Crippen molar-refractivity contribution in [2.75, 3.05) is 33.5 Å². The minimum absolute atomic E-state index is 0. The summed E-state index contributed by atoms with van der Waals surface area (Å²) in [6.45, 7) is 5.49. The van der Waals surface area contributed by atoms with Crippen LogP contribution >= 0.6 is 38.6 Å². The molecule has 0 radical (unpaired) electrons. The summed E-state index contributed by atoms with van der Waals surface area (Å²) in [5.74, 6) is -1.81. The van der Waals surface area contributed by atoms with Crippen molar-refractivity contribution in [3.8, 4) is 0 Å². The van der Waals surface area contributed by atoms with Crippen molar-refractivity contribution in [2.24, 2.45) is 0 Å². The number of halogens is 1. The Balaban J connectivity index is 0.000000401. The summed E-state index contributed by atoms with van der Waals surface area (Å²) in [5.41, 5.74) is 2.09. The summed E-state index contributed by atoms with van der Waals surface area (Å²) >= 11 is 4.90. The average molecular weight is 1030 g/mol. The van der Waals surface area contributed by atoms with Gasteiger partial charge in [0, 0.05) is 31.7 Å². The summed E-state index contributed by atoms with van der Waals surface area (Å²) in [5, 5.41) is 9.67. The lowest BCUT2D eigenvalue weighted by molar-refractivity contribution is -0.139. The average Bonchev–Trinajstić information content (AvgIpc) is 3.89. The van der Waals surface area contributed by atoms with Crippen LogP contribution in [0.3, 0.4) is 0 Å². The Kier molecular flexibility index (Phi) is 24.1. The molecule has 20 heteroatoms. The number of esters is 1. The predicted octanol–water partition coefficient (Wildman–Crippen LogP) is 8.30. The number of carbonyl (C=O) groups is 8. The van der Waals surface area contributed by atoms with Crippen molar-refractivity contribution in [3.63, 3.8) is 0 Å². The molecule has 1 N–H and O–H groups in total. The van der Waals surface area contributed by atoms with Gasteiger partial charge in [0.2, 0.25) is 0 Å². The Morgan fingerprint density at radius 1 is 0.700 bits per heavy atom. The van der Waals surface area contributed by atoms with Gasteiger partial charge >= 0.3 is 23.6 Å². The molecule has 1 fully saturated rings. The first kappa shape index (κ1) is 59.7. The number of fused-ring (bicyclic) bond motifs is 2. The number of cyclic esters (lactones) is 1. The SMILES string of the molecule is C.CC(C)(C)OC(=O)Cl.CN(C(=O)OCc1ccccc1)[C@H](CO)CCCN1C(=O)c2ccccc2C1=O.O=C1OCN(C(=O)OCc2ccccc2)[C@H]1CCCN1C(=O)c2ccccc2C1=O.S.S. The van der Waals surface area contributed by atoms with E-state index in [0.717, 1.165) is 11.1 Å². The zero-order valence-electron chi connectivity index (χ0n) is 38.6. The van der Waals surface area contributed by atoms with E-state index in [4.69, 9.17) is 25.8 Å². The fraction of sp³-hybridized carbons (Fsp3) is 0.360. The maximum absolute atomic E-state index is 12.4.